The molecule has 0 fully saturated rings. The summed E-state index contributed by atoms with van der Waals surface area (Å²) in [4.78, 5) is 22.0. The molecule has 1 rings (SSSR count). The zero-order valence-electron chi connectivity index (χ0n) is 9.94. The van der Waals surface area contributed by atoms with Crippen LogP contribution in [0.2, 0.25) is 0 Å². The molecule has 1 aromatic carbocycles. The second-order valence-corrected chi connectivity index (χ2v) is 3.80. The Kier molecular flexibility index (Phi) is 3.98. The van der Waals surface area contributed by atoms with Crippen LogP contribution < -0.4 is 5.32 Å². The van der Waals surface area contributed by atoms with Crippen LogP contribution in [0.15, 0.2) is 34.8 Å². The van der Waals surface area contributed by atoms with Gasteiger partial charge in [-0.05, 0) is 37.6 Å². The molecular formula is C12H14N2O3. The van der Waals surface area contributed by atoms with E-state index >= 15 is 0 Å². The summed E-state index contributed by atoms with van der Waals surface area (Å²) in [6.07, 6.45) is 0. The third-order valence-corrected chi connectivity index (χ3v) is 2.28. The number of allylic oxidation sites excluding steroid dienone is 1. The number of anilines is 1. The van der Waals surface area contributed by atoms with Crippen molar-refractivity contribution >= 4 is 11.6 Å². The third-order valence-electron chi connectivity index (χ3n) is 2.28. The molecule has 0 unspecified atom stereocenters. The van der Waals surface area contributed by atoms with Gasteiger partial charge in [0, 0.05) is 5.69 Å². The van der Waals surface area contributed by atoms with Gasteiger partial charge < -0.3 is 10.4 Å². The van der Waals surface area contributed by atoms with E-state index in [0.29, 0.717) is 5.69 Å². The van der Waals surface area contributed by atoms with E-state index in [2.05, 4.69) is 10.5 Å². The Morgan fingerprint density at radius 3 is 2.47 bits per heavy atom. The molecule has 90 valence electrons. The smallest absolute Gasteiger partial charge is 0.281 e. The first-order valence-corrected chi connectivity index (χ1v) is 5.07. The van der Waals surface area contributed by atoms with Crippen LogP contribution in [0.4, 0.5) is 5.69 Å². The topological polar surface area (TPSA) is 78.8 Å². The van der Waals surface area contributed by atoms with Crippen molar-refractivity contribution in [3.8, 4) is 0 Å². The van der Waals surface area contributed by atoms with E-state index in [1.165, 1.54) is 6.92 Å². The summed E-state index contributed by atoms with van der Waals surface area (Å²) in [5, 5.41) is 14.1. The van der Waals surface area contributed by atoms with E-state index < -0.39 is 17.4 Å². The predicted molar refractivity (Wildman–Crippen MR) is 65.7 cm³/mol. The minimum absolute atomic E-state index is 0.401. The van der Waals surface area contributed by atoms with E-state index in [1.54, 1.807) is 6.07 Å². The number of rotatable bonds is 3. The maximum Gasteiger partial charge on any atom is 0.281 e. The lowest BCUT2D eigenvalue weighted by molar-refractivity contribution is -0.113. The van der Waals surface area contributed by atoms with Crippen LogP contribution in [-0.2, 0) is 4.79 Å². The first kappa shape index (κ1) is 12.9. The monoisotopic (exact) mass is 234 g/mol. The molecule has 0 aromatic heterocycles. The Hall–Kier alpha value is -2.17. The summed E-state index contributed by atoms with van der Waals surface area (Å²) in [5.74, 6) is -1.12. The van der Waals surface area contributed by atoms with Gasteiger partial charge in [0.15, 0.2) is 0 Å². The lowest BCUT2D eigenvalue weighted by Crippen LogP contribution is -2.15. The highest BCUT2D eigenvalue weighted by Gasteiger charge is 2.14. The van der Waals surface area contributed by atoms with Gasteiger partial charge in [0.05, 0.1) is 0 Å². The van der Waals surface area contributed by atoms with Crippen molar-refractivity contribution in [2.45, 2.75) is 20.8 Å². The lowest BCUT2D eigenvalue weighted by Gasteiger charge is -2.08. The number of amides is 1. The average molecular weight is 234 g/mol. The molecule has 1 amide bonds. The number of carbonyl (C=O) groups excluding carboxylic acids is 1. The van der Waals surface area contributed by atoms with Crippen LogP contribution >= 0.6 is 0 Å². The first-order valence-electron chi connectivity index (χ1n) is 5.07. The normalized spacial score (nSPS) is 11.7. The molecule has 0 spiro atoms. The highest BCUT2D eigenvalue weighted by molar-refractivity contribution is 6.04. The highest BCUT2D eigenvalue weighted by atomic mass is 16.3. The number of nitrogens with one attached hydrogen (secondary N) is 1. The molecule has 0 radical (unpaired) electrons. The fourth-order valence-corrected chi connectivity index (χ4v) is 1.41. The largest absolute Gasteiger partial charge is 0.510 e. The number of nitroso groups, excluding NO2 is 1. The molecule has 0 aliphatic rings. The summed E-state index contributed by atoms with van der Waals surface area (Å²) in [6.45, 7) is 5.01. The van der Waals surface area contributed by atoms with Crippen molar-refractivity contribution in [2.75, 3.05) is 5.32 Å². The van der Waals surface area contributed by atoms with Gasteiger partial charge in [0.2, 0.25) is 5.70 Å². The van der Waals surface area contributed by atoms with E-state index in [1.807, 2.05) is 26.0 Å². The van der Waals surface area contributed by atoms with Crippen LogP contribution in [-0.4, -0.2) is 11.0 Å². The fraction of sp³-hybridized carbons (Fsp3) is 0.250. The summed E-state index contributed by atoms with van der Waals surface area (Å²) in [5.41, 5.74) is 2.02. The molecule has 0 heterocycles. The van der Waals surface area contributed by atoms with Crippen LogP contribution in [0.5, 0.6) is 0 Å². The number of carbonyl (C=O) groups is 1. The second-order valence-electron chi connectivity index (χ2n) is 3.80. The molecule has 0 aliphatic carbocycles. The van der Waals surface area contributed by atoms with Crippen molar-refractivity contribution in [3.63, 3.8) is 0 Å². The standard InChI is InChI=1S/C12H14N2O3/c1-7-4-5-10(8(2)6-7)13-12(16)11(14-17)9(3)15/h4-6,15H,1-3H3,(H,13,16)/b11-9+. The number of hydrogen-bond donors (Lipinski definition) is 2. The number of nitrogens with zero attached hydrogens (tertiary/aromatic N) is 1. The molecule has 5 nitrogen and oxygen atoms in total. The Labute approximate surface area is 99.1 Å². The first-order chi connectivity index (χ1) is 7.95. The van der Waals surface area contributed by atoms with E-state index in [9.17, 15) is 9.70 Å². The van der Waals surface area contributed by atoms with Gasteiger partial charge in [0.25, 0.3) is 5.91 Å². The molecule has 0 atom stereocenters. The van der Waals surface area contributed by atoms with Gasteiger partial charge in [-0.15, -0.1) is 4.91 Å². The summed E-state index contributed by atoms with van der Waals surface area (Å²) >= 11 is 0. The molecule has 0 aliphatic heterocycles. The minimum atomic E-state index is -0.716. The summed E-state index contributed by atoms with van der Waals surface area (Å²) < 4.78 is 0. The molecule has 0 saturated heterocycles. The number of benzene rings is 1. The SMILES string of the molecule is C/C(O)=C(\N=O)C(=O)Nc1ccc(C)cc1C. The third kappa shape index (κ3) is 3.14. The van der Waals surface area contributed by atoms with Crippen molar-refractivity contribution in [1.29, 1.82) is 0 Å². The Morgan fingerprint density at radius 1 is 1.35 bits per heavy atom. The molecule has 1 aromatic rings. The predicted octanol–water partition coefficient (Wildman–Crippen LogP) is 2.80. The van der Waals surface area contributed by atoms with Crippen molar-refractivity contribution in [2.24, 2.45) is 5.18 Å². The number of aryl methyl sites for hydroxylation is 2. The molecule has 5 heteroatoms. The van der Waals surface area contributed by atoms with Gasteiger partial charge in [0.1, 0.15) is 5.76 Å². The number of aliphatic hydroxyl groups is 1. The van der Waals surface area contributed by atoms with Crippen LogP contribution in [0, 0.1) is 18.8 Å². The molecule has 2 N–H and O–H groups in total. The van der Waals surface area contributed by atoms with Gasteiger partial charge in [-0.2, -0.15) is 0 Å². The maximum atomic E-state index is 11.6. The zero-order chi connectivity index (χ0) is 13.0. The lowest BCUT2D eigenvalue weighted by atomic mass is 10.1. The van der Waals surface area contributed by atoms with E-state index in [-0.39, 0.29) is 0 Å². The number of hydrogen-bond acceptors (Lipinski definition) is 4. The average Bonchev–Trinajstić information content (AvgIpc) is 2.22. The van der Waals surface area contributed by atoms with Crippen molar-refractivity contribution in [3.05, 3.63) is 45.7 Å². The summed E-state index contributed by atoms with van der Waals surface area (Å²) in [7, 11) is 0. The van der Waals surface area contributed by atoms with Gasteiger partial charge in [-0.1, -0.05) is 17.7 Å². The fourth-order valence-electron chi connectivity index (χ4n) is 1.41. The van der Waals surface area contributed by atoms with Crippen LogP contribution in [0.25, 0.3) is 0 Å². The van der Waals surface area contributed by atoms with Crippen molar-refractivity contribution < 1.29 is 9.90 Å². The number of aliphatic hydroxyl groups excluding tert-OH is 1. The second kappa shape index (κ2) is 5.25. The summed E-state index contributed by atoms with van der Waals surface area (Å²) in [6, 6.07) is 5.48. The highest BCUT2D eigenvalue weighted by Crippen LogP contribution is 2.17. The Balaban J connectivity index is 2.96. The molecule has 0 saturated carbocycles. The van der Waals surface area contributed by atoms with E-state index in [4.69, 9.17) is 5.11 Å². The zero-order valence-corrected chi connectivity index (χ0v) is 9.94. The van der Waals surface area contributed by atoms with Crippen LogP contribution in [0.3, 0.4) is 0 Å². The molecule has 17 heavy (non-hydrogen) atoms. The molecular weight excluding hydrogens is 220 g/mol. The Morgan fingerprint density at radius 2 is 2.00 bits per heavy atom. The van der Waals surface area contributed by atoms with Crippen LogP contribution in [0.1, 0.15) is 18.1 Å². The van der Waals surface area contributed by atoms with Crippen molar-refractivity contribution in [1.82, 2.24) is 0 Å². The van der Waals surface area contributed by atoms with Gasteiger partial charge in [-0.25, -0.2) is 0 Å². The Bertz CT molecular complexity index is 489. The van der Waals surface area contributed by atoms with E-state index in [0.717, 1.165) is 11.1 Å². The maximum absolute atomic E-state index is 11.6. The van der Waals surface area contributed by atoms with Gasteiger partial charge >= 0.3 is 0 Å². The van der Waals surface area contributed by atoms with Gasteiger partial charge in [-0.3, -0.25) is 4.79 Å². The minimum Gasteiger partial charge on any atom is -0.510 e. The molecule has 0 bridgehead atoms. The quantitative estimate of drug-likeness (QED) is 0.479.